The molecule has 2 aromatic heterocycles. The first kappa shape index (κ1) is 20.5. The van der Waals surface area contributed by atoms with Crippen LogP contribution in [-0.2, 0) is 12.8 Å². The van der Waals surface area contributed by atoms with E-state index in [9.17, 15) is 13.6 Å². The van der Waals surface area contributed by atoms with Gasteiger partial charge in [0.05, 0.1) is 30.3 Å². The molecule has 1 atom stereocenters. The monoisotopic (exact) mass is 440 g/mol. The van der Waals surface area contributed by atoms with Gasteiger partial charge in [0.15, 0.2) is 6.10 Å². The van der Waals surface area contributed by atoms with Crippen molar-refractivity contribution in [3.05, 3.63) is 59.7 Å². The van der Waals surface area contributed by atoms with E-state index in [0.29, 0.717) is 11.3 Å². The molecule has 5 rings (SSSR count). The molecular weight excluding hydrogens is 418 g/mol. The second-order valence-electron chi connectivity index (χ2n) is 8.10. The number of fused-ring (bicyclic) bond motifs is 1. The number of hydrogen-bond donors (Lipinski definition) is 0. The van der Waals surface area contributed by atoms with E-state index in [2.05, 4.69) is 20.3 Å². The van der Waals surface area contributed by atoms with Gasteiger partial charge in [0, 0.05) is 24.7 Å². The summed E-state index contributed by atoms with van der Waals surface area (Å²) in [5.41, 5.74) is 2.94. The van der Waals surface area contributed by atoms with Gasteiger partial charge in [-0.25, -0.2) is 18.4 Å². The van der Waals surface area contributed by atoms with Gasteiger partial charge < -0.3 is 9.64 Å². The van der Waals surface area contributed by atoms with Crippen LogP contribution in [0.15, 0.2) is 42.9 Å². The minimum Gasteiger partial charge on any atom is -0.452 e. The van der Waals surface area contributed by atoms with Gasteiger partial charge in [0.2, 0.25) is 0 Å². The van der Waals surface area contributed by atoms with Crippen molar-refractivity contribution < 1.29 is 18.3 Å². The smallest absolute Gasteiger partial charge is 0.317 e. The van der Waals surface area contributed by atoms with Crippen molar-refractivity contribution in [2.75, 3.05) is 13.1 Å². The molecule has 1 aliphatic heterocycles. The predicted molar refractivity (Wildman–Crippen MR) is 110 cm³/mol. The third kappa shape index (κ3) is 4.04. The number of halogens is 2. The van der Waals surface area contributed by atoms with Crippen molar-refractivity contribution in [2.45, 2.75) is 44.1 Å². The van der Waals surface area contributed by atoms with Gasteiger partial charge >= 0.3 is 6.01 Å². The molecule has 166 valence electrons. The molecule has 32 heavy (non-hydrogen) atoms. The Hall–Kier alpha value is -3.43. The van der Waals surface area contributed by atoms with E-state index < -0.39 is 18.4 Å². The minimum absolute atomic E-state index is 0.0576. The van der Waals surface area contributed by atoms with Crippen LogP contribution in [0.25, 0.3) is 5.69 Å². The van der Waals surface area contributed by atoms with E-state index in [0.717, 1.165) is 36.9 Å². The summed E-state index contributed by atoms with van der Waals surface area (Å²) < 4.78 is 36.4. The molecule has 1 aliphatic carbocycles. The number of likely N-dealkylation sites (tertiary alicyclic amines) is 1. The average molecular weight is 440 g/mol. The highest BCUT2D eigenvalue weighted by molar-refractivity contribution is 5.94. The normalized spacial score (nSPS) is 19.9. The maximum absolute atomic E-state index is 14.6. The molecule has 1 aromatic carbocycles. The van der Waals surface area contributed by atoms with E-state index in [1.807, 2.05) is 0 Å². The third-order valence-electron chi connectivity index (χ3n) is 5.93. The topological polar surface area (TPSA) is 86.0 Å². The highest BCUT2D eigenvalue weighted by Crippen LogP contribution is 2.32. The summed E-state index contributed by atoms with van der Waals surface area (Å²) in [6.45, 7) is -0.315. The standard InChI is InChI=1S/C22H22F2N6O2/c23-22(24)8-10-29(20(31)15-5-3-6-17(12-15)30-11-9-26-28-30)14-19(22)32-21-25-13-16-4-1-2-7-18(16)27-21/h3,5-6,9,11-13,19H,1-2,4,7-8,10,14H2/t19-/m0/s1. The van der Waals surface area contributed by atoms with Crippen LogP contribution in [-0.4, -0.2) is 60.9 Å². The van der Waals surface area contributed by atoms with Gasteiger partial charge in [-0.05, 0) is 49.4 Å². The fourth-order valence-electron chi connectivity index (χ4n) is 4.13. The van der Waals surface area contributed by atoms with Gasteiger partial charge in [-0.15, -0.1) is 5.10 Å². The number of carbonyl (C=O) groups excluding carboxylic acids is 1. The molecule has 3 heterocycles. The van der Waals surface area contributed by atoms with Gasteiger partial charge in [-0.3, -0.25) is 4.79 Å². The lowest BCUT2D eigenvalue weighted by atomic mass is 9.98. The first-order valence-corrected chi connectivity index (χ1v) is 10.6. The number of amides is 1. The van der Waals surface area contributed by atoms with Crippen molar-refractivity contribution in [3.63, 3.8) is 0 Å². The summed E-state index contributed by atoms with van der Waals surface area (Å²) in [7, 11) is 0. The molecular formula is C22H22F2N6O2. The van der Waals surface area contributed by atoms with E-state index in [-0.39, 0.29) is 25.0 Å². The maximum atomic E-state index is 14.6. The summed E-state index contributed by atoms with van der Waals surface area (Å²) in [6, 6.07) is 6.76. The summed E-state index contributed by atoms with van der Waals surface area (Å²) in [5, 5.41) is 7.68. The number of aromatic nitrogens is 5. The largest absolute Gasteiger partial charge is 0.452 e. The lowest BCUT2D eigenvalue weighted by Gasteiger charge is -2.37. The van der Waals surface area contributed by atoms with Crippen molar-refractivity contribution in [2.24, 2.45) is 0 Å². The number of hydrogen-bond acceptors (Lipinski definition) is 6. The highest BCUT2D eigenvalue weighted by atomic mass is 19.3. The molecule has 10 heteroatoms. The van der Waals surface area contributed by atoms with Gasteiger partial charge in [0.25, 0.3) is 11.8 Å². The van der Waals surface area contributed by atoms with Crippen LogP contribution in [0.5, 0.6) is 6.01 Å². The van der Waals surface area contributed by atoms with E-state index in [1.54, 1.807) is 36.7 Å². The van der Waals surface area contributed by atoms with Crippen LogP contribution in [0.2, 0.25) is 0 Å². The Kier molecular flexibility index (Phi) is 5.28. The zero-order valence-electron chi connectivity index (χ0n) is 17.3. The van der Waals surface area contributed by atoms with Crippen LogP contribution in [0.4, 0.5) is 8.78 Å². The molecule has 0 unspecified atom stereocenters. The average Bonchev–Trinajstić information content (AvgIpc) is 3.35. The number of rotatable bonds is 4. The molecule has 1 fully saturated rings. The second-order valence-corrected chi connectivity index (χ2v) is 8.10. The highest BCUT2D eigenvalue weighted by Gasteiger charge is 2.47. The number of alkyl halides is 2. The predicted octanol–water partition coefficient (Wildman–Crippen LogP) is 2.86. The zero-order chi connectivity index (χ0) is 22.1. The van der Waals surface area contributed by atoms with Gasteiger partial charge in [0.1, 0.15) is 0 Å². The first-order chi connectivity index (χ1) is 15.5. The van der Waals surface area contributed by atoms with Crippen LogP contribution < -0.4 is 4.74 Å². The Morgan fingerprint density at radius 2 is 2.09 bits per heavy atom. The van der Waals surface area contributed by atoms with Crippen molar-refractivity contribution >= 4 is 5.91 Å². The Morgan fingerprint density at radius 1 is 1.22 bits per heavy atom. The molecule has 2 aliphatic rings. The summed E-state index contributed by atoms with van der Waals surface area (Å²) in [4.78, 5) is 23.0. The fourth-order valence-corrected chi connectivity index (χ4v) is 4.13. The van der Waals surface area contributed by atoms with Crippen LogP contribution in [0.3, 0.4) is 0 Å². The molecule has 0 radical (unpaired) electrons. The molecule has 0 spiro atoms. The molecule has 0 saturated carbocycles. The van der Waals surface area contributed by atoms with Crippen molar-refractivity contribution in [1.82, 2.24) is 29.9 Å². The van der Waals surface area contributed by atoms with Crippen LogP contribution in [0, 0.1) is 0 Å². The first-order valence-electron chi connectivity index (χ1n) is 10.6. The number of nitrogens with zero attached hydrogens (tertiary/aromatic N) is 6. The molecule has 1 amide bonds. The van der Waals surface area contributed by atoms with Crippen LogP contribution in [0.1, 0.15) is 40.9 Å². The van der Waals surface area contributed by atoms with Crippen LogP contribution >= 0.6 is 0 Å². The summed E-state index contributed by atoms with van der Waals surface area (Å²) in [5.74, 6) is -3.43. The molecule has 8 nitrogen and oxygen atoms in total. The van der Waals surface area contributed by atoms with E-state index in [4.69, 9.17) is 4.74 Å². The van der Waals surface area contributed by atoms with Gasteiger partial charge in [-0.1, -0.05) is 11.3 Å². The Bertz CT molecular complexity index is 1120. The maximum Gasteiger partial charge on any atom is 0.317 e. The van der Waals surface area contributed by atoms with Gasteiger partial charge in [-0.2, -0.15) is 4.98 Å². The molecule has 1 saturated heterocycles. The number of aryl methyl sites for hydroxylation is 2. The lowest BCUT2D eigenvalue weighted by Crippen LogP contribution is -2.55. The zero-order valence-corrected chi connectivity index (χ0v) is 17.3. The third-order valence-corrected chi connectivity index (χ3v) is 5.93. The number of benzene rings is 1. The van der Waals surface area contributed by atoms with Crippen molar-refractivity contribution in [3.8, 4) is 11.7 Å². The summed E-state index contributed by atoms with van der Waals surface area (Å²) >= 11 is 0. The Morgan fingerprint density at radius 3 is 2.94 bits per heavy atom. The summed E-state index contributed by atoms with van der Waals surface area (Å²) in [6.07, 6.45) is 6.63. The Balaban J connectivity index is 1.33. The Labute approximate surface area is 183 Å². The fraction of sp³-hybridized carbons (Fsp3) is 0.409. The second kappa shape index (κ2) is 8.25. The molecule has 0 bridgehead atoms. The SMILES string of the molecule is O=C(c1cccc(-n2ccnn2)c1)N1CCC(F)(F)[C@@H](Oc2ncc3c(n2)CCCC3)C1. The number of carbonyl (C=O) groups is 1. The quantitative estimate of drug-likeness (QED) is 0.620. The van der Waals surface area contributed by atoms with E-state index in [1.165, 1.54) is 15.8 Å². The number of piperidine rings is 1. The van der Waals surface area contributed by atoms with E-state index >= 15 is 0 Å². The minimum atomic E-state index is -3.08. The van der Waals surface area contributed by atoms with Crippen molar-refractivity contribution in [1.29, 1.82) is 0 Å². The lowest BCUT2D eigenvalue weighted by molar-refractivity contribution is -0.132. The number of ether oxygens (including phenoxy) is 1. The molecule has 3 aromatic rings. The molecule has 0 N–H and O–H groups in total.